The van der Waals surface area contributed by atoms with Crippen LogP contribution in [0.25, 0.3) is 0 Å². The van der Waals surface area contributed by atoms with E-state index < -0.39 is 11.4 Å². The van der Waals surface area contributed by atoms with E-state index in [0.29, 0.717) is 5.56 Å². The van der Waals surface area contributed by atoms with Crippen LogP contribution in [0.5, 0.6) is 0 Å². The molecule has 0 saturated carbocycles. The first-order chi connectivity index (χ1) is 9.99. The Morgan fingerprint density at radius 1 is 1.29 bits per heavy atom. The molecule has 4 nitrogen and oxygen atoms in total. The summed E-state index contributed by atoms with van der Waals surface area (Å²) in [5.41, 5.74) is -0.442. The van der Waals surface area contributed by atoms with Crippen LogP contribution >= 0.6 is 0 Å². The van der Waals surface area contributed by atoms with Gasteiger partial charge < -0.3 is 10.4 Å². The van der Waals surface area contributed by atoms with Gasteiger partial charge in [-0.3, -0.25) is 9.78 Å². The molecule has 2 aromatic rings. The maximum atomic E-state index is 13.4. The van der Waals surface area contributed by atoms with Gasteiger partial charge in [0.15, 0.2) is 0 Å². The summed E-state index contributed by atoms with van der Waals surface area (Å²) in [6.45, 7) is 1.57. The van der Waals surface area contributed by atoms with Crippen LogP contribution in [0, 0.1) is 5.82 Å². The van der Waals surface area contributed by atoms with Crippen molar-refractivity contribution in [3.8, 4) is 0 Å². The van der Waals surface area contributed by atoms with Gasteiger partial charge in [0.25, 0.3) is 0 Å². The molecular weight excluding hydrogens is 271 g/mol. The molecule has 0 fully saturated rings. The summed E-state index contributed by atoms with van der Waals surface area (Å²) in [6, 6.07) is 11.7. The zero-order valence-corrected chi connectivity index (χ0v) is 11.7. The molecule has 1 atom stereocenters. The van der Waals surface area contributed by atoms with E-state index in [1.807, 2.05) is 6.07 Å². The number of benzene rings is 1. The third kappa shape index (κ3) is 4.10. The molecule has 1 aromatic carbocycles. The van der Waals surface area contributed by atoms with E-state index in [-0.39, 0.29) is 24.6 Å². The first kappa shape index (κ1) is 15.1. The fraction of sp³-hybridized carbons (Fsp3) is 0.250. The summed E-state index contributed by atoms with van der Waals surface area (Å²) in [7, 11) is 0. The molecule has 1 heterocycles. The van der Waals surface area contributed by atoms with Crippen molar-refractivity contribution in [2.24, 2.45) is 0 Å². The molecule has 1 aromatic heterocycles. The Morgan fingerprint density at radius 2 is 2.00 bits per heavy atom. The normalized spacial score (nSPS) is 13.5. The average molecular weight is 288 g/mol. The van der Waals surface area contributed by atoms with Crippen molar-refractivity contribution in [1.29, 1.82) is 0 Å². The first-order valence-electron chi connectivity index (χ1n) is 6.63. The van der Waals surface area contributed by atoms with Gasteiger partial charge >= 0.3 is 0 Å². The lowest BCUT2D eigenvalue weighted by atomic mass is 9.92. The number of pyridine rings is 1. The van der Waals surface area contributed by atoms with Crippen LogP contribution in [0.4, 0.5) is 4.39 Å². The lowest BCUT2D eigenvalue weighted by Crippen LogP contribution is -2.32. The summed E-state index contributed by atoms with van der Waals surface area (Å²) in [5, 5.41) is 12.9. The molecule has 0 aliphatic rings. The van der Waals surface area contributed by atoms with Crippen molar-refractivity contribution in [1.82, 2.24) is 10.3 Å². The van der Waals surface area contributed by atoms with Gasteiger partial charge in [-0.2, -0.15) is 0 Å². The summed E-state index contributed by atoms with van der Waals surface area (Å²) in [6.07, 6.45) is 1.36. The minimum atomic E-state index is -1.27. The van der Waals surface area contributed by atoms with Crippen LogP contribution in [-0.2, 0) is 16.9 Å². The molecule has 0 aliphatic carbocycles. The molecule has 110 valence electrons. The van der Waals surface area contributed by atoms with Crippen LogP contribution in [0.1, 0.15) is 24.6 Å². The lowest BCUT2D eigenvalue weighted by Gasteiger charge is -2.23. The predicted molar refractivity (Wildman–Crippen MR) is 76.7 cm³/mol. The second-order valence-electron chi connectivity index (χ2n) is 5.03. The highest BCUT2D eigenvalue weighted by Crippen LogP contribution is 2.23. The second-order valence-corrected chi connectivity index (χ2v) is 5.03. The van der Waals surface area contributed by atoms with E-state index in [1.165, 1.54) is 18.3 Å². The van der Waals surface area contributed by atoms with Crippen LogP contribution < -0.4 is 5.32 Å². The minimum absolute atomic E-state index is 0.00359. The zero-order valence-electron chi connectivity index (χ0n) is 11.7. The van der Waals surface area contributed by atoms with Gasteiger partial charge in [0, 0.05) is 6.20 Å². The van der Waals surface area contributed by atoms with Gasteiger partial charge in [0.05, 0.1) is 24.3 Å². The van der Waals surface area contributed by atoms with Crippen LogP contribution in [0.2, 0.25) is 0 Å². The molecule has 2 N–H and O–H groups in total. The Labute approximate surface area is 122 Å². The van der Waals surface area contributed by atoms with Gasteiger partial charge in [0.2, 0.25) is 5.91 Å². The number of hydrogen-bond donors (Lipinski definition) is 2. The maximum Gasteiger partial charge on any atom is 0.223 e. The van der Waals surface area contributed by atoms with E-state index in [9.17, 15) is 14.3 Å². The van der Waals surface area contributed by atoms with E-state index in [0.717, 1.165) is 0 Å². The van der Waals surface area contributed by atoms with Crippen LogP contribution in [0.15, 0.2) is 48.7 Å². The molecule has 1 unspecified atom stereocenters. The fourth-order valence-electron chi connectivity index (χ4n) is 2.01. The topological polar surface area (TPSA) is 62.2 Å². The summed E-state index contributed by atoms with van der Waals surface area (Å²) < 4.78 is 13.4. The Hall–Kier alpha value is -2.27. The van der Waals surface area contributed by atoms with Crippen molar-refractivity contribution in [3.63, 3.8) is 0 Å². The number of carbonyl (C=O) groups excluding carboxylic acids is 1. The maximum absolute atomic E-state index is 13.4. The number of aliphatic hydroxyl groups is 1. The highest BCUT2D eigenvalue weighted by atomic mass is 19.1. The minimum Gasteiger partial charge on any atom is -0.385 e. The second kappa shape index (κ2) is 6.45. The summed E-state index contributed by atoms with van der Waals surface area (Å²) in [4.78, 5) is 15.7. The van der Waals surface area contributed by atoms with E-state index in [4.69, 9.17) is 0 Å². The number of nitrogens with one attached hydrogen (secondary N) is 1. The third-order valence-electron chi connectivity index (χ3n) is 3.19. The number of amides is 1. The zero-order chi connectivity index (χ0) is 15.3. The number of nitrogens with zero attached hydrogens (tertiary/aromatic N) is 1. The summed E-state index contributed by atoms with van der Waals surface area (Å²) in [5.74, 6) is -0.832. The predicted octanol–water partition coefficient (Wildman–Crippen LogP) is 2.13. The standard InChI is InChI=1S/C16H17FN2O2/c1-16(21,12-6-3-2-4-7-12)10-15(20)19-11-14-13(17)8-5-9-18-14/h2-9,21H,10-11H2,1H3,(H,19,20). The number of carbonyl (C=O) groups is 1. The van der Waals surface area contributed by atoms with E-state index >= 15 is 0 Å². The van der Waals surface area contributed by atoms with Crippen LogP contribution in [-0.4, -0.2) is 16.0 Å². The Balaban J connectivity index is 1.94. The number of aromatic nitrogens is 1. The molecule has 0 aliphatic heterocycles. The van der Waals surface area contributed by atoms with Crippen molar-refractivity contribution in [3.05, 3.63) is 65.7 Å². The van der Waals surface area contributed by atoms with Crippen molar-refractivity contribution in [2.45, 2.75) is 25.5 Å². The Morgan fingerprint density at radius 3 is 2.67 bits per heavy atom. The molecule has 21 heavy (non-hydrogen) atoms. The van der Waals surface area contributed by atoms with Gasteiger partial charge in [-0.25, -0.2) is 4.39 Å². The van der Waals surface area contributed by atoms with Crippen LogP contribution in [0.3, 0.4) is 0 Å². The highest BCUT2D eigenvalue weighted by molar-refractivity contribution is 5.77. The summed E-state index contributed by atoms with van der Waals surface area (Å²) >= 11 is 0. The van der Waals surface area contributed by atoms with Gasteiger partial charge in [-0.15, -0.1) is 0 Å². The highest BCUT2D eigenvalue weighted by Gasteiger charge is 2.26. The molecular formula is C16H17FN2O2. The Kier molecular flexibility index (Phi) is 4.65. The smallest absolute Gasteiger partial charge is 0.223 e. The monoisotopic (exact) mass is 288 g/mol. The molecule has 2 rings (SSSR count). The number of rotatable bonds is 5. The van der Waals surface area contributed by atoms with E-state index in [2.05, 4.69) is 10.3 Å². The quantitative estimate of drug-likeness (QED) is 0.886. The first-order valence-corrected chi connectivity index (χ1v) is 6.63. The van der Waals surface area contributed by atoms with Gasteiger partial charge in [-0.05, 0) is 24.6 Å². The molecule has 1 amide bonds. The lowest BCUT2D eigenvalue weighted by molar-refractivity contribution is -0.126. The third-order valence-corrected chi connectivity index (χ3v) is 3.19. The SMILES string of the molecule is CC(O)(CC(=O)NCc1ncccc1F)c1ccccc1. The van der Waals surface area contributed by atoms with Crippen molar-refractivity contribution < 1.29 is 14.3 Å². The molecule has 0 saturated heterocycles. The van der Waals surface area contributed by atoms with Gasteiger partial charge in [-0.1, -0.05) is 30.3 Å². The van der Waals surface area contributed by atoms with Crippen molar-refractivity contribution >= 4 is 5.91 Å². The molecule has 0 radical (unpaired) electrons. The van der Waals surface area contributed by atoms with Gasteiger partial charge in [0.1, 0.15) is 5.82 Å². The number of halogens is 1. The van der Waals surface area contributed by atoms with E-state index in [1.54, 1.807) is 31.2 Å². The molecule has 0 bridgehead atoms. The Bertz CT molecular complexity index is 615. The fourth-order valence-corrected chi connectivity index (χ4v) is 2.01. The molecule has 0 spiro atoms. The van der Waals surface area contributed by atoms with Crippen molar-refractivity contribution in [2.75, 3.05) is 0 Å². The molecule has 5 heteroatoms. The number of hydrogen-bond acceptors (Lipinski definition) is 3. The largest absolute Gasteiger partial charge is 0.385 e. The average Bonchev–Trinajstić information content (AvgIpc) is 2.47.